The molecule has 2 rings (SSSR count). The summed E-state index contributed by atoms with van der Waals surface area (Å²) in [6.07, 6.45) is 0. The number of sulfonamides is 2. The Kier molecular flexibility index (Phi) is 5.14. The van der Waals surface area contributed by atoms with E-state index >= 15 is 0 Å². The number of hydrogen-bond acceptors (Lipinski definition) is 4. The summed E-state index contributed by atoms with van der Waals surface area (Å²) in [6, 6.07) is 10.2. The van der Waals surface area contributed by atoms with E-state index in [1.165, 1.54) is 24.3 Å². The van der Waals surface area contributed by atoms with Gasteiger partial charge in [0.05, 0.1) is 9.79 Å². The second kappa shape index (κ2) is 6.64. The van der Waals surface area contributed by atoms with Crippen molar-refractivity contribution in [1.29, 1.82) is 0 Å². The fourth-order valence-corrected chi connectivity index (χ4v) is 4.10. The Hall–Kier alpha value is -1.74. The van der Waals surface area contributed by atoms with Gasteiger partial charge in [-0.25, -0.2) is 26.7 Å². The van der Waals surface area contributed by atoms with Crippen molar-refractivity contribution in [1.82, 2.24) is 4.72 Å². The molecule has 0 fully saturated rings. The van der Waals surface area contributed by atoms with Crippen LogP contribution in [0.5, 0.6) is 0 Å². The summed E-state index contributed by atoms with van der Waals surface area (Å²) in [5.74, 6) is 0. The Labute approximate surface area is 142 Å². The minimum Gasteiger partial charge on any atom is -0.225 e. The molecule has 2 aromatic carbocycles. The van der Waals surface area contributed by atoms with Crippen LogP contribution in [0.2, 0.25) is 0 Å². The van der Waals surface area contributed by atoms with Gasteiger partial charge in [-0.05, 0) is 61.7 Å². The normalized spacial score (nSPS) is 13.7. The molecule has 0 aliphatic rings. The van der Waals surface area contributed by atoms with Crippen molar-refractivity contribution in [2.24, 2.45) is 5.14 Å². The summed E-state index contributed by atoms with van der Waals surface area (Å²) in [6.45, 7) is 5.38. The van der Waals surface area contributed by atoms with Crippen LogP contribution >= 0.6 is 0 Å². The van der Waals surface area contributed by atoms with E-state index in [0.29, 0.717) is 5.56 Å². The molecule has 2 aromatic rings. The van der Waals surface area contributed by atoms with Crippen LogP contribution in [0, 0.1) is 13.8 Å². The third-order valence-corrected chi connectivity index (χ3v) is 6.26. The molecule has 0 saturated heterocycles. The molecule has 0 spiro atoms. The lowest BCUT2D eigenvalue weighted by Gasteiger charge is -2.16. The zero-order valence-electron chi connectivity index (χ0n) is 13.6. The number of nitrogens with one attached hydrogen (secondary N) is 1. The van der Waals surface area contributed by atoms with Crippen molar-refractivity contribution in [2.75, 3.05) is 0 Å². The van der Waals surface area contributed by atoms with Crippen molar-refractivity contribution in [3.05, 3.63) is 59.2 Å². The van der Waals surface area contributed by atoms with Gasteiger partial charge in [0.2, 0.25) is 20.0 Å². The number of rotatable bonds is 5. The first-order valence-electron chi connectivity index (χ1n) is 7.23. The molecule has 130 valence electrons. The maximum Gasteiger partial charge on any atom is 0.241 e. The van der Waals surface area contributed by atoms with E-state index in [-0.39, 0.29) is 9.79 Å². The fourth-order valence-electron chi connectivity index (χ4n) is 2.21. The predicted molar refractivity (Wildman–Crippen MR) is 92.5 cm³/mol. The molecular weight excluding hydrogens is 348 g/mol. The molecule has 1 atom stereocenters. The van der Waals surface area contributed by atoms with Gasteiger partial charge in [-0.3, -0.25) is 0 Å². The standard InChI is InChI=1S/C16H20N2O4S2/c1-11-7-8-16(9-12(11)2)24(21,22)18-13(3)14-5-4-6-15(10-14)23(17,19)20/h4-10,13,18H,1-3H3,(H2,17,19,20). The lowest BCUT2D eigenvalue weighted by atomic mass is 10.1. The molecule has 0 aliphatic carbocycles. The van der Waals surface area contributed by atoms with E-state index in [9.17, 15) is 16.8 Å². The Bertz CT molecular complexity index is 967. The maximum atomic E-state index is 12.5. The molecule has 0 bridgehead atoms. The van der Waals surface area contributed by atoms with Crippen molar-refractivity contribution >= 4 is 20.0 Å². The number of hydrogen-bond donors (Lipinski definition) is 2. The predicted octanol–water partition coefficient (Wildman–Crippen LogP) is 1.99. The first kappa shape index (κ1) is 18.6. The summed E-state index contributed by atoms with van der Waals surface area (Å²) in [7, 11) is -7.57. The highest BCUT2D eigenvalue weighted by molar-refractivity contribution is 7.89. The molecule has 3 N–H and O–H groups in total. The van der Waals surface area contributed by atoms with Crippen LogP contribution in [-0.2, 0) is 20.0 Å². The van der Waals surface area contributed by atoms with E-state index in [1.54, 1.807) is 25.1 Å². The van der Waals surface area contributed by atoms with Gasteiger partial charge in [0, 0.05) is 6.04 Å². The molecule has 0 heterocycles. The Morgan fingerprint density at radius 3 is 2.17 bits per heavy atom. The van der Waals surface area contributed by atoms with Crippen LogP contribution in [0.25, 0.3) is 0 Å². The van der Waals surface area contributed by atoms with Gasteiger partial charge in [0.15, 0.2) is 0 Å². The van der Waals surface area contributed by atoms with E-state index in [1.807, 2.05) is 13.8 Å². The van der Waals surface area contributed by atoms with Gasteiger partial charge in [-0.2, -0.15) is 0 Å². The molecule has 0 amide bonds. The summed E-state index contributed by atoms with van der Waals surface area (Å²) in [4.78, 5) is 0.109. The molecule has 0 aliphatic heterocycles. The lowest BCUT2D eigenvalue weighted by Crippen LogP contribution is -2.27. The van der Waals surface area contributed by atoms with Gasteiger partial charge < -0.3 is 0 Å². The van der Waals surface area contributed by atoms with E-state index in [4.69, 9.17) is 5.14 Å². The third kappa shape index (κ3) is 4.21. The van der Waals surface area contributed by atoms with Crippen LogP contribution in [-0.4, -0.2) is 16.8 Å². The van der Waals surface area contributed by atoms with Gasteiger partial charge in [-0.15, -0.1) is 0 Å². The molecule has 0 aromatic heterocycles. The van der Waals surface area contributed by atoms with Crippen molar-refractivity contribution < 1.29 is 16.8 Å². The zero-order chi connectivity index (χ0) is 18.1. The molecule has 1 unspecified atom stereocenters. The maximum absolute atomic E-state index is 12.5. The third-order valence-electron chi connectivity index (χ3n) is 3.81. The Morgan fingerprint density at radius 2 is 1.58 bits per heavy atom. The minimum atomic E-state index is -3.84. The van der Waals surface area contributed by atoms with Gasteiger partial charge in [0.25, 0.3) is 0 Å². The molecule has 6 nitrogen and oxygen atoms in total. The van der Waals surface area contributed by atoms with E-state index in [0.717, 1.165) is 11.1 Å². The SMILES string of the molecule is Cc1ccc(S(=O)(=O)NC(C)c2cccc(S(N)(=O)=O)c2)cc1C. The highest BCUT2D eigenvalue weighted by Gasteiger charge is 2.20. The molecule has 8 heteroatoms. The first-order chi connectivity index (χ1) is 11.0. The second-order valence-electron chi connectivity index (χ2n) is 5.71. The summed E-state index contributed by atoms with van der Waals surface area (Å²) >= 11 is 0. The quantitative estimate of drug-likeness (QED) is 0.841. The van der Waals surface area contributed by atoms with Crippen LogP contribution in [0.15, 0.2) is 52.3 Å². The number of nitrogens with two attached hydrogens (primary N) is 1. The Balaban J connectivity index is 2.31. The molecule has 0 saturated carbocycles. The number of primary sulfonamides is 1. The largest absolute Gasteiger partial charge is 0.241 e. The van der Waals surface area contributed by atoms with Crippen molar-refractivity contribution in [3.8, 4) is 0 Å². The van der Waals surface area contributed by atoms with Crippen molar-refractivity contribution in [2.45, 2.75) is 36.6 Å². The topological polar surface area (TPSA) is 106 Å². The smallest absolute Gasteiger partial charge is 0.225 e. The second-order valence-corrected chi connectivity index (χ2v) is 8.98. The summed E-state index contributed by atoms with van der Waals surface area (Å²) < 4.78 is 50.4. The van der Waals surface area contributed by atoms with Crippen LogP contribution < -0.4 is 9.86 Å². The van der Waals surface area contributed by atoms with Crippen LogP contribution in [0.4, 0.5) is 0 Å². The first-order valence-corrected chi connectivity index (χ1v) is 10.3. The highest BCUT2D eigenvalue weighted by atomic mass is 32.2. The van der Waals surface area contributed by atoms with Gasteiger partial charge >= 0.3 is 0 Å². The highest BCUT2D eigenvalue weighted by Crippen LogP contribution is 2.21. The summed E-state index contributed by atoms with van der Waals surface area (Å²) in [5.41, 5.74) is 2.39. The number of aryl methyl sites for hydroxylation is 2. The molecule has 24 heavy (non-hydrogen) atoms. The lowest BCUT2D eigenvalue weighted by molar-refractivity contribution is 0.566. The van der Waals surface area contributed by atoms with Crippen molar-refractivity contribution in [3.63, 3.8) is 0 Å². The average molecular weight is 368 g/mol. The van der Waals surface area contributed by atoms with Gasteiger partial charge in [0.1, 0.15) is 0 Å². The minimum absolute atomic E-state index is 0.0581. The molecular formula is C16H20N2O4S2. The monoisotopic (exact) mass is 368 g/mol. The Morgan fingerprint density at radius 1 is 0.917 bits per heavy atom. The fraction of sp³-hybridized carbons (Fsp3) is 0.250. The zero-order valence-corrected chi connectivity index (χ0v) is 15.3. The van der Waals surface area contributed by atoms with E-state index in [2.05, 4.69) is 4.72 Å². The van der Waals surface area contributed by atoms with Crippen LogP contribution in [0.1, 0.15) is 29.7 Å². The molecule has 0 radical (unpaired) electrons. The average Bonchev–Trinajstić information content (AvgIpc) is 2.48. The van der Waals surface area contributed by atoms with Gasteiger partial charge in [-0.1, -0.05) is 18.2 Å². The van der Waals surface area contributed by atoms with E-state index < -0.39 is 26.1 Å². The number of benzene rings is 2. The summed E-state index contributed by atoms with van der Waals surface area (Å²) in [5, 5.41) is 5.11. The van der Waals surface area contributed by atoms with Crippen LogP contribution in [0.3, 0.4) is 0 Å².